The molecule has 9 heteroatoms. The second-order valence-corrected chi connectivity index (χ2v) is 7.40. The number of hydrogen-bond acceptors (Lipinski definition) is 3. The van der Waals surface area contributed by atoms with Crippen molar-refractivity contribution < 1.29 is 21.9 Å². The molecular weight excluding hydrogens is 395 g/mol. The van der Waals surface area contributed by atoms with Crippen LogP contribution in [0, 0.1) is 11.6 Å². The van der Waals surface area contributed by atoms with Gasteiger partial charge >= 0.3 is 0 Å². The summed E-state index contributed by atoms with van der Waals surface area (Å²) in [7, 11) is -2.95. The Labute approximate surface area is 154 Å². The van der Waals surface area contributed by atoms with Crippen LogP contribution in [-0.4, -0.2) is 22.1 Å². The van der Waals surface area contributed by atoms with Crippen molar-refractivity contribution in [2.45, 2.75) is 4.90 Å². The highest BCUT2D eigenvalue weighted by atomic mass is 35.5. The first kappa shape index (κ1) is 19.5. The first-order chi connectivity index (χ1) is 11.7. The van der Waals surface area contributed by atoms with Crippen molar-refractivity contribution in [1.29, 1.82) is 0 Å². The summed E-state index contributed by atoms with van der Waals surface area (Å²) in [6.45, 7) is 3.21. The SMILES string of the molecule is C=CCN(c1ccc(F)cc1F)S(=O)(=O)c1ccc(OC)c(Cl)c1Cl. The average Bonchev–Trinajstić information content (AvgIpc) is 2.55. The van der Waals surface area contributed by atoms with E-state index < -0.39 is 21.7 Å². The number of sulfonamides is 1. The van der Waals surface area contributed by atoms with E-state index in [1.807, 2.05) is 0 Å². The zero-order valence-corrected chi connectivity index (χ0v) is 15.3. The number of halogens is 4. The van der Waals surface area contributed by atoms with Gasteiger partial charge in [-0.15, -0.1) is 6.58 Å². The van der Waals surface area contributed by atoms with Gasteiger partial charge in [0.25, 0.3) is 10.0 Å². The summed E-state index contributed by atoms with van der Waals surface area (Å²) >= 11 is 12.1. The summed E-state index contributed by atoms with van der Waals surface area (Å²) in [4.78, 5) is -0.342. The summed E-state index contributed by atoms with van der Waals surface area (Å²) in [5, 5.41) is -0.360. The Hall–Kier alpha value is -1.83. The van der Waals surface area contributed by atoms with Gasteiger partial charge in [-0.25, -0.2) is 17.2 Å². The minimum Gasteiger partial charge on any atom is -0.495 e. The zero-order valence-electron chi connectivity index (χ0n) is 13.0. The van der Waals surface area contributed by atoms with Crippen LogP contribution in [0.4, 0.5) is 14.5 Å². The van der Waals surface area contributed by atoms with E-state index >= 15 is 0 Å². The van der Waals surface area contributed by atoms with Crippen LogP contribution in [0.1, 0.15) is 0 Å². The molecule has 2 aromatic rings. The van der Waals surface area contributed by atoms with Gasteiger partial charge in [0.15, 0.2) is 0 Å². The molecule has 2 aromatic carbocycles. The number of anilines is 1. The highest BCUT2D eigenvalue weighted by Crippen LogP contribution is 2.38. The fourth-order valence-corrected chi connectivity index (χ4v) is 4.38. The van der Waals surface area contributed by atoms with Crippen LogP contribution in [0.25, 0.3) is 0 Å². The van der Waals surface area contributed by atoms with Gasteiger partial charge in [-0.1, -0.05) is 29.3 Å². The van der Waals surface area contributed by atoms with E-state index in [0.717, 1.165) is 16.4 Å². The monoisotopic (exact) mass is 407 g/mol. The summed E-state index contributed by atoms with van der Waals surface area (Å²) in [5.41, 5.74) is -0.343. The topological polar surface area (TPSA) is 46.6 Å². The molecule has 0 bridgehead atoms. The first-order valence-corrected chi connectivity index (χ1v) is 9.04. The third-order valence-corrected chi connectivity index (χ3v) is 6.07. The Morgan fingerprint density at radius 2 is 1.88 bits per heavy atom. The first-order valence-electron chi connectivity index (χ1n) is 6.84. The van der Waals surface area contributed by atoms with E-state index in [2.05, 4.69) is 6.58 Å². The molecule has 0 amide bonds. The van der Waals surface area contributed by atoms with Gasteiger partial charge in [0.05, 0.1) is 24.4 Å². The minimum atomic E-state index is -4.30. The van der Waals surface area contributed by atoms with Crippen LogP contribution in [-0.2, 0) is 10.0 Å². The molecular formula is C16H13Cl2F2NO3S. The van der Waals surface area contributed by atoms with Gasteiger partial charge < -0.3 is 4.74 Å². The molecule has 2 rings (SSSR count). The van der Waals surface area contributed by atoms with Gasteiger partial charge in [-0.2, -0.15) is 0 Å². The molecule has 0 aromatic heterocycles. The highest BCUT2D eigenvalue weighted by Gasteiger charge is 2.30. The van der Waals surface area contributed by atoms with Gasteiger partial charge in [-0.05, 0) is 24.3 Å². The van der Waals surface area contributed by atoms with Crippen molar-refractivity contribution in [3.63, 3.8) is 0 Å². The molecule has 4 nitrogen and oxygen atoms in total. The lowest BCUT2D eigenvalue weighted by Gasteiger charge is -2.24. The Balaban J connectivity index is 2.65. The minimum absolute atomic E-state index is 0.0941. The van der Waals surface area contributed by atoms with E-state index in [1.54, 1.807) is 0 Å². The molecule has 0 saturated carbocycles. The quantitative estimate of drug-likeness (QED) is 0.654. The number of nitrogens with zero attached hydrogens (tertiary/aromatic N) is 1. The lowest BCUT2D eigenvalue weighted by atomic mass is 10.3. The molecule has 0 aliphatic heterocycles. The van der Waals surface area contributed by atoms with Crippen molar-refractivity contribution in [3.8, 4) is 5.75 Å². The van der Waals surface area contributed by atoms with Crippen molar-refractivity contribution in [2.24, 2.45) is 0 Å². The molecule has 25 heavy (non-hydrogen) atoms. The summed E-state index contributed by atoms with van der Waals surface area (Å²) in [5.74, 6) is -1.68. The van der Waals surface area contributed by atoms with Gasteiger partial charge in [0.1, 0.15) is 27.3 Å². The van der Waals surface area contributed by atoms with Crippen LogP contribution in [0.5, 0.6) is 5.75 Å². The molecule has 0 saturated heterocycles. The number of rotatable bonds is 6. The molecule has 0 unspecified atom stereocenters. The Morgan fingerprint density at radius 1 is 1.20 bits per heavy atom. The maximum atomic E-state index is 14.1. The second-order valence-electron chi connectivity index (χ2n) is 4.81. The van der Waals surface area contributed by atoms with Gasteiger partial charge in [-0.3, -0.25) is 4.31 Å². The highest BCUT2D eigenvalue weighted by molar-refractivity contribution is 7.93. The third kappa shape index (κ3) is 3.73. The van der Waals surface area contributed by atoms with Crippen molar-refractivity contribution in [3.05, 3.63) is 64.7 Å². The van der Waals surface area contributed by atoms with Crippen molar-refractivity contribution >= 4 is 38.9 Å². The van der Waals surface area contributed by atoms with Gasteiger partial charge in [0.2, 0.25) is 0 Å². The second kappa shape index (κ2) is 7.59. The van der Waals surface area contributed by atoms with E-state index in [9.17, 15) is 17.2 Å². The molecule has 0 aliphatic carbocycles. The van der Waals surface area contributed by atoms with E-state index in [1.165, 1.54) is 25.3 Å². The predicted octanol–water partition coefficient (Wildman–Crippen LogP) is 4.66. The molecule has 0 aliphatic rings. The number of methoxy groups -OCH3 is 1. The van der Waals surface area contributed by atoms with Crippen molar-refractivity contribution in [2.75, 3.05) is 18.0 Å². The van der Waals surface area contributed by atoms with Crippen LogP contribution >= 0.6 is 23.2 Å². The average molecular weight is 408 g/mol. The molecule has 0 heterocycles. The maximum Gasteiger partial charge on any atom is 0.266 e. The fourth-order valence-electron chi connectivity index (χ4n) is 2.12. The molecule has 0 spiro atoms. The van der Waals surface area contributed by atoms with Crippen LogP contribution in [0.2, 0.25) is 10.0 Å². The molecule has 0 atom stereocenters. The Kier molecular flexibility index (Phi) is 5.92. The smallest absolute Gasteiger partial charge is 0.266 e. The maximum absolute atomic E-state index is 14.1. The Morgan fingerprint density at radius 3 is 2.44 bits per heavy atom. The van der Waals surface area contributed by atoms with Crippen LogP contribution in [0.15, 0.2) is 47.9 Å². The summed E-state index contributed by atoms with van der Waals surface area (Å²) in [6.07, 6.45) is 1.26. The van der Waals surface area contributed by atoms with Crippen LogP contribution < -0.4 is 9.04 Å². The predicted molar refractivity (Wildman–Crippen MR) is 94.1 cm³/mol. The standard InChI is InChI=1S/C16H13Cl2F2NO3S/c1-3-8-21(12-5-4-10(19)9-11(12)20)25(22,23)14-7-6-13(24-2)15(17)16(14)18/h3-7,9H,1,8H2,2H3. The third-order valence-electron chi connectivity index (χ3n) is 3.27. The zero-order chi connectivity index (χ0) is 18.8. The summed E-state index contributed by atoms with van der Waals surface area (Å²) in [6, 6.07) is 5.08. The number of benzene rings is 2. The fraction of sp³-hybridized carbons (Fsp3) is 0.125. The Bertz CT molecular complexity index is 920. The van der Waals surface area contributed by atoms with E-state index in [4.69, 9.17) is 27.9 Å². The molecule has 0 radical (unpaired) electrons. The molecule has 0 N–H and O–H groups in total. The molecule has 134 valence electrons. The number of ether oxygens (including phenoxy) is 1. The molecule has 0 fully saturated rings. The lowest BCUT2D eigenvalue weighted by Crippen LogP contribution is -2.32. The van der Waals surface area contributed by atoms with Crippen molar-refractivity contribution in [1.82, 2.24) is 0 Å². The summed E-state index contributed by atoms with van der Waals surface area (Å²) < 4.78 is 58.9. The van der Waals surface area contributed by atoms with Gasteiger partial charge in [0, 0.05) is 6.07 Å². The lowest BCUT2D eigenvalue weighted by molar-refractivity contribution is 0.414. The van der Waals surface area contributed by atoms with E-state index in [-0.39, 0.29) is 32.9 Å². The van der Waals surface area contributed by atoms with E-state index in [0.29, 0.717) is 6.07 Å². The normalized spacial score (nSPS) is 11.2. The van der Waals surface area contributed by atoms with Crippen LogP contribution in [0.3, 0.4) is 0 Å². The largest absolute Gasteiger partial charge is 0.495 e. The number of hydrogen-bond donors (Lipinski definition) is 0.